The summed E-state index contributed by atoms with van der Waals surface area (Å²) in [5, 5.41) is 4.58. The van der Waals surface area contributed by atoms with Crippen LogP contribution >= 0.6 is 11.3 Å². The molecule has 0 unspecified atom stereocenters. The van der Waals surface area contributed by atoms with Gasteiger partial charge in [-0.25, -0.2) is 0 Å². The standard InChI is InChI=1S/C17H10OS/c18-10-15-12-6-2-1-5-11(12)9-14-13-7-3-4-8-16(13)19-17(14)15/h1-10H. The van der Waals surface area contributed by atoms with Crippen molar-refractivity contribution < 1.29 is 4.79 Å². The lowest BCUT2D eigenvalue weighted by Gasteiger charge is -2.02. The van der Waals surface area contributed by atoms with E-state index in [4.69, 9.17) is 0 Å². The van der Waals surface area contributed by atoms with E-state index in [0.29, 0.717) is 0 Å². The Morgan fingerprint density at radius 1 is 0.842 bits per heavy atom. The van der Waals surface area contributed by atoms with Crippen LogP contribution in [-0.2, 0) is 0 Å². The van der Waals surface area contributed by atoms with Gasteiger partial charge in [0.05, 0.1) is 0 Å². The highest BCUT2D eigenvalue weighted by molar-refractivity contribution is 7.26. The molecule has 0 atom stereocenters. The molecule has 1 aromatic heterocycles. The molecule has 0 radical (unpaired) electrons. The SMILES string of the molecule is O=Cc1c2ccccc2cc2c1sc1ccccc12. The van der Waals surface area contributed by atoms with Gasteiger partial charge in [0, 0.05) is 25.7 Å². The first-order chi connectivity index (χ1) is 9.38. The van der Waals surface area contributed by atoms with Crippen molar-refractivity contribution >= 4 is 48.6 Å². The third-order valence-corrected chi connectivity index (χ3v) is 4.77. The average Bonchev–Trinajstić information content (AvgIpc) is 2.83. The van der Waals surface area contributed by atoms with Gasteiger partial charge in [-0.05, 0) is 22.9 Å². The number of benzene rings is 3. The lowest BCUT2D eigenvalue weighted by atomic mass is 10.0. The van der Waals surface area contributed by atoms with Crippen LogP contribution in [0.5, 0.6) is 0 Å². The number of rotatable bonds is 1. The van der Waals surface area contributed by atoms with Crippen LogP contribution in [0.3, 0.4) is 0 Å². The monoisotopic (exact) mass is 262 g/mol. The van der Waals surface area contributed by atoms with Crippen molar-refractivity contribution in [1.29, 1.82) is 0 Å². The van der Waals surface area contributed by atoms with E-state index in [2.05, 4.69) is 24.3 Å². The number of aldehydes is 1. The highest BCUT2D eigenvalue weighted by Crippen LogP contribution is 2.38. The second-order valence-electron chi connectivity index (χ2n) is 4.60. The lowest BCUT2D eigenvalue weighted by Crippen LogP contribution is -1.83. The average molecular weight is 262 g/mol. The third-order valence-electron chi connectivity index (χ3n) is 3.55. The molecule has 0 saturated heterocycles. The summed E-state index contributed by atoms with van der Waals surface area (Å²) in [6.07, 6.45) is 0.986. The van der Waals surface area contributed by atoms with E-state index in [1.165, 1.54) is 15.5 Å². The van der Waals surface area contributed by atoms with Crippen molar-refractivity contribution in [1.82, 2.24) is 0 Å². The first kappa shape index (κ1) is 10.7. The van der Waals surface area contributed by atoms with Crippen LogP contribution in [0.2, 0.25) is 0 Å². The van der Waals surface area contributed by atoms with Crippen molar-refractivity contribution in [3.05, 3.63) is 60.2 Å². The van der Waals surface area contributed by atoms with E-state index >= 15 is 0 Å². The Kier molecular flexibility index (Phi) is 2.20. The Morgan fingerprint density at radius 3 is 2.42 bits per heavy atom. The fourth-order valence-electron chi connectivity index (χ4n) is 2.67. The molecule has 0 saturated carbocycles. The maximum absolute atomic E-state index is 11.5. The molecule has 0 fully saturated rings. The summed E-state index contributed by atoms with van der Waals surface area (Å²) in [5.74, 6) is 0. The van der Waals surface area contributed by atoms with Gasteiger partial charge < -0.3 is 0 Å². The molecule has 1 heterocycles. The molecule has 90 valence electrons. The minimum absolute atomic E-state index is 0.814. The van der Waals surface area contributed by atoms with Crippen molar-refractivity contribution in [2.24, 2.45) is 0 Å². The number of thiophene rings is 1. The molecular formula is C17H10OS. The maximum atomic E-state index is 11.5. The Morgan fingerprint density at radius 2 is 1.58 bits per heavy atom. The van der Waals surface area contributed by atoms with Crippen molar-refractivity contribution in [3.63, 3.8) is 0 Å². The minimum Gasteiger partial charge on any atom is -0.298 e. The summed E-state index contributed by atoms with van der Waals surface area (Å²) < 4.78 is 2.32. The molecule has 2 heteroatoms. The quantitative estimate of drug-likeness (QED) is 0.440. The summed E-state index contributed by atoms with van der Waals surface area (Å²) in [5.41, 5.74) is 0.814. The first-order valence-electron chi connectivity index (χ1n) is 6.16. The Bertz CT molecular complexity index is 934. The predicted molar refractivity (Wildman–Crippen MR) is 82.2 cm³/mol. The molecule has 0 aliphatic heterocycles. The normalized spacial score (nSPS) is 11.4. The molecule has 0 N–H and O–H groups in total. The van der Waals surface area contributed by atoms with Crippen molar-refractivity contribution in [2.75, 3.05) is 0 Å². The summed E-state index contributed by atoms with van der Waals surface area (Å²) >= 11 is 1.70. The largest absolute Gasteiger partial charge is 0.298 e. The van der Waals surface area contributed by atoms with E-state index in [0.717, 1.165) is 27.3 Å². The van der Waals surface area contributed by atoms with Crippen molar-refractivity contribution in [3.8, 4) is 0 Å². The number of carbonyl (C=O) groups is 1. The molecule has 4 aromatic rings. The van der Waals surface area contributed by atoms with Crippen LogP contribution in [0.25, 0.3) is 30.9 Å². The maximum Gasteiger partial charge on any atom is 0.152 e. The van der Waals surface area contributed by atoms with E-state index in [-0.39, 0.29) is 0 Å². The van der Waals surface area contributed by atoms with Crippen LogP contribution in [-0.4, -0.2) is 6.29 Å². The van der Waals surface area contributed by atoms with E-state index in [1.807, 2.05) is 30.3 Å². The summed E-state index contributed by atoms with van der Waals surface area (Å²) in [7, 11) is 0. The highest BCUT2D eigenvalue weighted by atomic mass is 32.1. The van der Waals surface area contributed by atoms with E-state index in [9.17, 15) is 4.79 Å². The van der Waals surface area contributed by atoms with Gasteiger partial charge in [-0.1, -0.05) is 42.5 Å². The first-order valence-corrected chi connectivity index (χ1v) is 6.98. The van der Waals surface area contributed by atoms with Gasteiger partial charge in [-0.3, -0.25) is 4.79 Å². The lowest BCUT2D eigenvalue weighted by molar-refractivity contribution is 0.112. The molecule has 0 aliphatic carbocycles. The fourth-order valence-corrected chi connectivity index (χ4v) is 3.87. The molecule has 3 aromatic carbocycles. The van der Waals surface area contributed by atoms with Gasteiger partial charge in [-0.15, -0.1) is 11.3 Å². The van der Waals surface area contributed by atoms with E-state index < -0.39 is 0 Å². The Labute approximate surface area is 114 Å². The van der Waals surface area contributed by atoms with Crippen molar-refractivity contribution in [2.45, 2.75) is 0 Å². The summed E-state index contributed by atoms with van der Waals surface area (Å²) in [6.45, 7) is 0. The number of hydrogen-bond donors (Lipinski definition) is 0. The van der Waals surface area contributed by atoms with Crippen LogP contribution in [0, 0.1) is 0 Å². The van der Waals surface area contributed by atoms with E-state index in [1.54, 1.807) is 11.3 Å². The van der Waals surface area contributed by atoms with Gasteiger partial charge >= 0.3 is 0 Å². The molecular weight excluding hydrogens is 252 g/mol. The van der Waals surface area contributed by atoms with Gasteiger partial charge in [0.15, 0.2) is 6.29 Å². The minimum atomic E-state index is 0.814. The predicted octanol–water partition coefficient (Wildman–Crippen LogP) is 5.02. The molecule has 0 spiro atoms. The van der Waals surface area contributed by atoms with Crippen LogP contribution in [0.15, 0.2) is 54.6 Å². The number of carbonyl (C=O) groups excluding carboxylic acids is 1. The zero-order chi connectivity index (χ0) is 12.8. The summed E-state index contributed by atoms with van der Waals surface area (Å²) in [6, 6.07) is 18.6. The van der Waals surface area contributed by atoms with Crippen LogP contribution < -0.4 is 0 Å². The highest BCUT2D eigenvalue weighted by Gasteiger charge is 2.11. The molecule has 1 nitrogen and oxygen atoms in total. The molecule has 19 heavy (non-hydrogen) atoms. The molecule has 0 bridgehead atoms. The molecule has 0 amide bonds. The summed E-state index contributed by atoms with van der Waals surface area (Å²) in [4.78, 5) is 11.5. The fraction of sp³-hybridized carbons (Fsp3) is 0. The van der Waals surface area contributed by atoms with Gasteiger partial charge in [0.1, 0.15) is 0 Å². The number of hydrogen-bond acceptors (Lipinski definition) is 2. The number of fused-ring (bicyclic) bond motifs is 4. The van der Waals surface area contributed by atoms with Gasteiger partial charge in [0.25, 0.3) is 0 Å². The molecule has 4 rings (SSSR count). The Balaban J connectivity index is 2.35. The molecule has 0 aliphatic rings. The zero-order valence-corrected chi connectivity index (χ0v) is 10.9. The Hall–Kier alpha value is -2.19. The van der Waals surface area contributed by atoms with Crippen LogP contribution in [0.1, 0.15) is 10.4 Å². The zero-order valence-electron chi connectivity index (χ0n) is 10.1. The third kappa shape index (κ3) is 1.44. The van der Waals surface area contributed by atoms with Gasteiger partial charge in [0.2, 0.25) is 0 Å². The second-order valence-corrected chi connectivity index (χ2v) is 5.66. The van der Waals surface area contributed by atoms with Crippen LogP contribution in [0.4, 0.5) is 0 Å². The smallest absolute Gasteiger partial charge is 0.152 e. The van der Waals surface area contributed by atoms with Gasteiger partial charge in [-0.2, -0.15) is 0 Å². The topological polar surface area (TPSA) is 17.1 Å². The second kappa shape index (κ2) is 3.90.